The average molecular weight is 152 g/mol. The Morgan fingerprint density at radius 3 is 2.27 bits per heavy atom. The first-order valence-electron chi connectivity index (χ1n) is 5.29. The lowest BCUT2D eigenvalue weighted by Crippen LogP contribution is -2.15. The molecular weight excluding hydrogens is 132 g/mol. The summed E-state index contributed by atoms with van der Waals surface area (Å²) < 4.78 is 0. The fourth-order valence-electron chi connectivity index (χ4n) is 2.93. The quantitative estimate of drug-likeness (QED) is 0.568. The van der Waals surface area contributed by atoms with Crippen LogP contribution in [-0.2, 0) is 0 Å². The van der Waals surface area contributed by atoms with Crippen molar-refractivity contribution in [3.63, 3.8) is 0 Å². The van der Waals surface area contributed by atoms with Crippen LogP contribution in [0.4, 0.5) is 0 Å². The molecule has 0 radical (unpaired) electrons. The minimum Gasteiger partial charge on any atom is -0.0622 e. The molecule has 0 spiro atoms. The molecule has 11 heavy (non-hydrogen) atoms. The molecule has 0 N–H and O–H groups in total. The van der Waals surface area contributed by atoms with Gasteiger partial charge in [0.1, 0.15) is 0 Å². The molecule has 2 saturated carbocycles. The smallest absolute Gasteiger partial charge is 0.0360 e. The van der Waals surface area contributed by atoms with Crippen molar-refractivity contribution >= 4 is 0 Å². The maximum atomic E-state index is 2.49. The summed E-state index contributed by atoms with van der Waals surface area (Å²) >= 11 is 0. The monoisotopic (exact) mass is 152 g/mol. The zero-order valence-corrected chi connectivity index (χ0v) is 7.84. The zero-order chi connectivity index (χ0) is 7.84. The van der Waals surface area contributed by atoms with Gasteiger partial charge in [-0.25, -0.2) is 0 Å². The second-order valence-corrected chi connectivity index (χ2v) is 4.77. The third kappa shape index (κ3) is 1.45. The molecule has 2 rings (SSSR count). The van der Waals surface area contributed by atoms with E-state index in [0.29, 0.717) is 0 Å². The fraction of sp³-hybridized carbons (Fsp3) is 1.00. The van der Waals surface area contributed by atoms with Gasteiger partial charge in [0.05, 0.1) is 0 Å². The van der Waals surface area contributed by atoms with Crippen molar-refractivity contribution in [2.45, 2.75) is 46.0 Å². The van der Waals surface area contributed by atoms with Crippen LogP contribution >= 0.6 is 0 Å². The van der Waals surface area contributed by atoms with Gasteiger partial charge in [-0.1, -0.05) is 26.7 Å². The van der Waals surface area contributed by atoms with Gasteiger partial charge in [0.15, 0.2) is 0 Å². The van der Waals surface area contributed by atoms with Crippen molar-refractivity contribution in [3.8, 4) is 0 Å². The fourth-order valence-corrected chi connectivity index (χ4v) is 2.93. The molecule has 0 heteroatoms. The predicted octanol–water partition coefficient (Wildman–Crippen LogP) is 3.47. The Balaban J connectivity index is 1.91. The molecule has 0 saturated heterocycles. The Hall–Kier alpha value is 0. The molecule has 3 atom stereocenters. The maximum absolute atomic E-state index is 2.49. The zero-order valence-electron chi connectivity index (χ0n) is 7.84. The summed E-state index contributed by atoms with van der Waals surface area (Å²) in [6.07, 6.45) is 7.60. The summed E-state index contributed by atoms with van der Waals surface area (Å²) in [4.78, 5) is 0. The summed E-state index contributed by atoms with van der Waals surface area (Å²) in [6, 6.07) is 0. The van der Waals surface area contributed by atoms with E-state index >= 15 is 0 Å². The van der Waals surface area contributed by atoms with Gasteiger partial charge >= 0.3 is 0 Å². The van der Waals surface area contributed by atoms with Crippen molar-refractivity contribution in [1.82, 2.24) is 0 Å². The predicted molar refractivity (Wildman–Crippen MR) is 48.4 cm³/mol. The summed E-state index contributed by atoms with van der Waals surface area (Å²) in [5.41, 5.74) is 0. The minimum atomic E-state index is 1.03. The van der Waals surface area contributed by atoms with Crippen LogP contribution in [0.25, 0.3) is 0 Å². The second-order valence-electron chi connectivity index (χ2n) is 4.77. The molecule has 64 valence electrons. The normalized spacial score (nSPS) is 40.9. The first-order chi connectivity index (χ1) is 5.29. The molecule has 0 aromatic rings. The van der Waals surface area contributed by atoms with E-state index in [9.17, 15) is 0 Å². The molecule has 0 nitrogen and oxygen atoms in total. The van der Waals surface area contributed by atoms with Crippen molar-refractivity contribution in [2.75, 3.05) is 0 Å². The summed E-state index contributed by atoms with van der Waals surface area (Å²) in [7, 11) is 0. The molecule has 2 aliphatic carbocycles. The van der Waals surface area contributed by atoms with Crippen LogP contribution in [-0.4, -0.2) is 0 Å². The van der Waals surface area contributed by atoms with Crippen LogP contribution < -0.4 is 0 Å². The van der Waals surface area contributed by atoms with Gasteiger partial charge in [-0.05, 0) is 42.9 Å². The number of hydrogen-bond donors (Lipinski definition) is 0. The standard InChI is InChI=1S/C11H20/c1-8-4-3-5-11(8)9(2)10-6-7-10/h8-11H,3-7H2,1-2H3. The first kappa shape index (κ1) is 7.64. The highest BCUT2D eigenvalue weighted by atomic mass is 14.4. The van der Waals surface area contributed by atoms with Crippen LogP contribution in [0, 0.1) is 23.7 Å². The van der Waals surface area contributed by atoms with Gasteiger partial charge in [0.25, 0.3) is 0 Å². The van der Waals surface area contributed by atoms with Crippen LogP contribution in [0.15, 0.2) is 0 Å². The molecular formula is C11H20. The molecule has 2 fully saturated rings. The Morgan fingerprint density at radius 1 is 1.09 bits per heavy atom. The van der Waals surface area contributed by atoms with Crippen LogP contribution in [0.1, 0.15) is 46.0 Å². The van der Waals surface area contributed by atoms with Gasteiger partial charge in [-0.2, -0.15) is 0 Å². The van der Waals surface area contributed by atoms with Crippen molar-refractivity contribution in [1.29, 1.82) is 0 Å². The van der Waals surface area contributed by atoms with E-state index in [0.717, 1.165) is 23.7 Å². The van der Waals surface area contributed by atoms with Gasteiger partial charge in [0.2, 0.25) is 0 Å². The minimum absolute atomic E-state index is 1.03. The van der Waals surface area contributed by atoms with Crippen molar-refractivity contribution in [2.24, 2.45) is 23.7 Å². The molecule has 0 bridgehead atoms. The summed E-state index contributed by atoms with van der Waals surface area (Å²) in [5, 5.41) is 0. The number of hydrogen-bond acceptors (Lipinski definition) is 0. The highest BCUT2D eigenvalue weighted by Crippen LogP contribution is 2.47. The molecule has 0 aliphatic heterocycles. The largest absolute Gasteiger partial charge is 0.0622 e. The van der Waals surface area contributed by atoms with E-state index in [2.05, 4.69) is 13.8 Å². The molecule has 2 aliphatic rings. The molecule has 3 unspecified atom stereocenters. The molecule has 0 amide bonds. The second kappa shape index (κ2) is 2.80. The van der Waals surface area contributed by atoms with E-state index in [1.54, 1.807) is 0 Å². The van der Waals surface area contributed by atoms with Gasteiger partial charge < -0.3 is 0 Å². The Morgan fingerprint density at radius 2 is 1.82 bits per heavy atom. The van der Waals surface area contributed by atoms with E-state index in [1.165, 1.54) is 32.1 Å². The van der Waals surface area contributed by atoms with E-state index < -0.39 is 0 Å². The summed E-state index contributed by atoms with van der Waals surface area (Å²) in [5.74, 6) is 4.29. The molecule has 0 aromatic carbocycles. The first-order valence-corrected chi connectivity index (χ1v) is 5.29. The SMILES string of the molecule is CC1CCCC1C(C)C1CC1. The van der Waals surface area contributed by atoms with Crippen LogP contribution in [0.3, 0.4) is 0 Å². The lowest BCUT2D eigenvalue weighted by Gasteiger charge is -2.22. The maximum Gasteiger partial charge on any atom is -0.0360 e. The van der Waals surface area contributed by atoms with Crippen molar-refractivity contribution < 1.29 is 0 Å². The number of rotatable bonds is 2. The Bertz CT molecular complexity index is 135. The van der Waals surface area contributed by atoms with E-state index in [1.807, 2.05) is 0 Å². The highest BCUT2D eigenvalue weighted by molar-refractivity contribution is 4.87. The van der Waals surface area contributed by atoms with Gasteiger partial charge in [-0.15, -0.1) is 0 Å². The lowest BCUT2D eigenvalue weighted by molar-refractivity contribution is 0.266. The average Bonchev–Trinajstić information content (AvgIpc) is 2.74. The topological polar surface area (TPSA) is 0 Å². The van der Waals surface area contributed by atoms with E-state index in [-0.39, 0.29) is 0 Å². The lowest BCUT2D eigenvalue weighted by atomic mass is 9.83. The Kier molecular flexibility index (Phi) is 1.95. The molecule has 0 heterocycles. The van der Waals surface area contributed by atoms with E-state index in [4.69, 9.17) is 0 Å². The Labute approximate surface area is 70.4 Å². The third-order valence-corrected chi connectivity index (χ3v) is 3.97. The van der Waals surface area contributed by atoms with Gasteiger partial charge in [-0.3, -0.25) is 0 Å². The van der Waals surface area contributed by atoms with Crippen LogP contribution in [0.5, 0.6) is 0 Å². The van der Waals surface area contributed by atoms with Crippen LogP contribution in [0.2, 0.25) is 0 Å². The summed E-state index contributed by atoms with van der Waals surface area (Å²) in [6.45, 7) is 4.95. The van der Waals surface area contributed by atoms with Crippen molar-refractivity contribution in [3.05, 3.63) is 0 Å². The highest BCUT2D eigenvalue weighted by Gasteiger charge is 2.37. The van der Waals surface area contributed by atoms with Gasteiger partial charge in [0, 0.05) is 0 Å². The molecule has 0 aromatic heterocycles. The third-order valence-electron chi connectivity index (χ3n) is 3.97.